The second kappa shape index (κ2) is 31.2. The van der Waals surface area contributed by atoms with E-state index in [0.717, 1.165) is 0 Å². The van der Waals surface area contributed by atoms with Crippen LogP contribution in [-0.2, 0) is 56.8 Å². The summed E-state index contributed by atoms with van der Waals surface area (Å²) in [4.78, 5) is 0. The molecule has 342 valence electrons. The maximum Gasteiger partial charge on any atom is 0.449 e. The van der Waals surface area contributed by atoms with Crippen molar-refractivity contribution in [3.63, 3.8) is 0 Å². The van der Waals surface area contributed by atoms with Crippen LogP contribution in [0, 0.1) is 0 Å². The molecule has 1 N–H and O–H groups in total. The van der Waals surface area contributed by atoms with E-state index in [2.05, 4.69) is 4.74 Å². The van der Waals surface area contributed by atoms with E-state index in [1.165, 1.54) is 0 Å². The SMILES string of the molecule is CC(F)(C(=C(OCCOCCOCCOCCOCCOCCOCCOCCOCCOCCOCCOCCO)C(F)(F)F)C(C)(F)C(F)(F)F)C(F)(F)F. The molecule has 0 bridgehead atoms. The lowest BCUT2D eigenvalue weighted by Gasteiger charge is -2.36. The topological polar surface area (TPSA) is 131 Å². The summed E-state index contributed by atoms with van der Waals surface area (Å²) in [6.07, 6.45) is -18.8. The lowest BCUT2D eigenvalue weighted by Crippen LogP contribution is -2.53. The number of hydrogen-bond donors (Lipinski definition) is 1. The van der Waals surface area contributed by atoms with Crippen molar-refractivity contribution in [1.29, 1.82) is 0 Å². The maximum absolute atomic E-state index is 14.5. The van der Waals surface area contributed by atoms with Gasteiger partial charge < -0.3 is 61.9 Å². The van der Waals surface area contributed by atoms with Crippen molar-refractivity contribution < 1.29 is 110 Å². The lowest BCUT2D eigenvalue weighted by atomic mass is 9.83. The van der Waals surface area contributed by atoms with Gasteiger partial charge in [-0.05, 0) is 13.8 Å². The van der Waals surface area contributed by atoms with Crippen molar-refractivity contribution in [3.05, 3.63) is 11.3 Å². The fourth-order valence-electron chi connectivity index (χ4n) is 4.01. The number of alkyl halides is 11. The molecule has 2 atom stereocenters. The maximum atomic E-state index is 14.5. The Morgan fingerprint density at radius 1 is 0.333 bits per heavy atom. The fraction of sp³-hybridized carbons (Fsp3) is 0.939. The summed E-state index contributed by atoms with van der Waals surface area (Å²) in [7, 11) is 0. The Kier molecular flexibility index (Phi) is 30.3. The highest BCUT2D eigenvalue weighted by Gasteiger charge is 2.69. The minimum absolute atomic E-state index is 0.0170. The third kappa shape index (κ3) is 26.2. The van der Waals surface area contributed by atoms with Crippen molar-refractivity contribution in [3.8, 4) is 0 Å². The normalized spacial score (nSPS) is 14.8. The van der Waals surface area contributed by atoms with Crippen LogP contribution in [0.15, 0.2) is 11.3 Å². The summed E-state index contributed by atoms with van der Waals surface area (Å²) in [5, 5.41) is 8.57. The summed E-state index contributed by atoms with van der Waals surface area (Å²) < 4.78 is 210. The first-order chi connectivity index (χ1) is 26.8. The number of rotatable bonds is 38. The molecular weight excluding hydrogens is 813 g/mol. The summed E-state index contributed by atoms with van der Waals surface area (Å²) in [6.45, 7) is 2.66. The largest absolute Gasteiger partial charge is 0.486 e. The number of halogens is 11. The Morgan fingerprint density at radius 3 is 0.702 bits per heavy atom. The van der Waals surface area contributed by atoms with Crippen molar-refractivity contribution >= 4 is 0 Å². The minimum atomic E-state index is -6.36. The van der Waals surface area contributed by atoms with Crippen molar-refractivity contribution in [1.82, 2.24) is 0 Å². The quantitative estimate of drug-likeness (QED) is 0.0529. The summed E-state index contributed by atoms with van der Waals surface area (Å²) in [5.41, 5.74) is -14.1. The Balaban J connectivity index is 3.79. The minimum Gasteiger partial charge on any atom is -0.486 e. The molecule has 0 spiro atoms. The van der Waals surface area contributed by atoms with Gasteiger partial charge in [-0.15, -0.1) is 0 Å². The van der Waals surface area contributed by atoms with E-state index in [1.54, 1.807) is 0 Å². The van der Waals surface area contributed by atoms with E-state index in [1.807, 2.05) is 0 Å². The number of ether oxygens (including phenoxy) is 12. The number of allylic oxidation sites excluding steroid dienone is 2. The van der Waals surface area contributed by atoms with Gasteiger partial charge in [-0.2, -0.15) is 39.5 Å². The molecule has 0 aromatic heterocycles. The van der Waals surface area contributed by atoms with Crippen LogP contribution in [0.25, 0.3) is 0 Å². The molecule has 0 rings (SSSR count). The van der Waals surface area contributed by atoms with Gasteiger partial charge in [0.1, 0.15) is 6.61 Å². The van der Waals surface area contributed by atoms with Gasteiger partial charge in [0.15, 0.2) is 0 Å². The molecular formula is C33H55F11O13. The predicted octanol–water partition coefficient (Wildman–Crippen LogP) is 4.58. The molecule has 0 heterocycles. The Bertz CT molecular complexity index is 972. The van der Waals surface area contributed by atoms with Gasteiger partial charge in [0, 0.05) is 0 Å². The highest BCUT2D eigenvalue weighted by atomic mass is 19.4. The van der Waals surface area contributed by atoms with Crippen molar-refractivity contribution in [2.24, 2.45) is 0 Å². The predicted molar refractivity (Wildman–Crippen MR) is 176 cm³/mol. The zero-order chi connectivity index (χ0) is 43.1. The van der Waals surface area contributed by atoms with E-state index < -0.39 is 68.3 Å². The highest BCUT2D eigenvalue weighted by Crippen LogP contribution is 2.53. The van der Waals surface area contributed by atoms with Crippen LogP contribution < -0.4 is 0 Å². The standard InChI is InChI=1S/C33H55F11O13/c1-29(34,32(39,40)41)27(30(2,35)33(42,43)44)28(31(36,37)38)57-26-25-56-24-23-55-22-21-54-20-19-53-18-17-52-16-15-51-14-13-50-12-11-49-10-9-48-8-7-47-6-5-46-4-3-45/h45H,3-26H2,1-2H3. The molecule has 0 aromatic rings. The molecule has 0 aliphatic heterocycles. The number of aliphatic hydroxyl groups excluding tert-OH is 1. The molecule has 0 saturated carbocycles. The van der Waals surface area contributed by atoms with Gasteiger partial charge in [0.05, 0.1) is 158 Å². The van der Waals surface area contributed by atoms with E-state index >= 15 is 0 Å². The molecule has 0 aliphatic rings. The number of aliphatic hydroxyl groups is 1. The molecule has 13 nitrogen and oxygen atoms in total. The first kappa shape index (κ1) is 55.3. The van der Waals surface area contributed by atoms with E-state index in [9.17, 15) is 48.3 Å². The molecule has 0 aliphatic carbocycles. The Labute approximate surface area is 324 Å². The molecule has 0 radical (unpaired) electrons. The smallest absolute Gasteiger partial charge is 0.449 e. The third-order valence-electron chi connectivity index (χ3n) is 6.92. The van der Waals surface area contributed by atoms with Gasteiger partial charge in [0.25, 0.3) is 0 Å². The van der Waals surface area contributed by atoms with E-state index in [4.69, 9.17) is 57.2 Å². The molecule has 0 fully saturated rings. The molecule has 57 heavy (non-hydrogen) atoms. The van der Waals surface area contributed by atoms with Crippen LogP contribution in [0.4, 0.5) is 48.3 Å². The van der Waals surface area contributed by atoms with Gasteiger partial charge in [-0.25, -0.2) is 8.78 Å². The van der Waals surface area contributed by atoms with Crippen LogP contribution in [0.5, 0.6) is 0 Å². The lowest BCUT2D eigenvalue weighted by molar-refractivity contribution is -0.248. The van der Waals surface area contributed by atoms with Gasteiger partial charge >= 0.3 is 18.5 Å². The Hall–Kier alpha value is -1.71. The summed E-state index contributed by atoms with van der Waals surface area (Å²) in [5.74, 6) is -3.11. The molecule has 0 saturated heterocycles. The average molecular weight is 869 g/mol. The monoisotopic (exact) mass is 868 g/mol. The van der Waals surface area contributed by atoms with Gasteiger partial charge in [0.2, 0.25) is 17.1 Å². The molecule has 2 unspecified atom stereocenters. The molecule has 0 aromatic carbocycles. The van der Waals surface area contributed by atoms with Crippen molar-refractivity contribution in [2.45, 2.75) is 43.7 Å². The summed E-state index contributed by atoms with van der Waals surface area (Å²) >= 11 is 0. The highest BCUT2D eigenvalue weighted by molar-refractivity contribution is 5.35. The number of hydrogen-bond acceptors (Lipinski definition) is 13. The zero-order valence-electron chi connectivity index (χ0n) is 32.0. The summed E-state index contributed by atoms with van der Waals surface area (Å²) in [6, 6.07) is 0. The molecule has 24 heteroatoms. The fourth-order valence-corrected chi connectivity index (χ4v) is 4.01. The molecule has 0 amide bonds. The first-order valence-corrected chi connectivity index (χ1v) is 17.7. The van der Waals surface area contributed by atoms with Gasteiger partial charge in [-0.3, -0.25) is 0 Å². The second-order valence-corrected chi connectivity index (χ2v) is 11.5. The first-order valence-electron chi connectivity index (χ1n) is 17.7. The second-order valence-electron chi connectivity index (χ2n) is 11.5. The van der Waals surface area contributed by atoms with Crippen LogP contribution in [0.2, 0.25) is 0 Å². The van der Waals surface area contributed by atoms with Crippen LogP contribution in [-0.4, -0.2) is 194 Å². The van der Waals surface area contributed by atoms with Crippen LogP contribution in [0.1, 0.15) is 13.8 Å². The zero-order valence-corrected chi connectivity index (χ0v) is 32.0. The van der Waals surface area contributed by atoms with Crippen molar-refractivity contribution in [2.75, 3.05) is 159 Å². The van der Waals surface area contributed by atoms with Crippen LogP contribution in [0.3, 0.4) is 0 Å². The van der Waals surface area contributed by atoms with E-state index in [0.29, 0.717) is 99.1 Å². The van der Waals surface area contributed by atoms with E-state index in [-0.39, 0.29) is 46.2 Å². The van der Waals surface area contributed by atoms with Gasteiger partial charge in [-0.1, -0.05) is 0 Å². The van der Waals surface area contributed by atoms with Crippen LogP contribution >= 0.6 is 0 Å². The third-order valence-corrected chi connectivity index (χ3v) is 6.92. The Morgan fingerprint density at radius 2 is 0.526 bits per heavy atom. The average Bonchev–Trinajstić information content (AvgIpc) is 3.11.